The molecule has 1 aliphatic carbocycles. The number of benzene rings is 1. The maximum absolute atomic E-state index is 9.76. The fourth-order valence-corrected chi connectivity index (χ4v) is 4.35. The summed E-state index contributed by atoms with van der Waals surface area (Å²) in [5.74, 6) is 1.49. The average Bonchev–Trinajstić information content (AvgIpc) is 3.28. The molecule has 1 aromatic carbocycles. The maximum Gasteiger partial charge on any atom is 0.0833 e. The normalized spacial score (nSPS) is 20.8. The van der Waals surface area contributed by atoms with Crippen molar-refractivity contribution in [2.24, 2.45) is 5.92 Å². The number of piperidine rings is 1. The summed E-state index contributed by atoms with van der Waals surface area (Å²) in [5.41, 5.74) is 3.98. The fraction of sp³-hybridized carbons (Fsp3) is 0.556. The first-order valence-electron chi connectivity index (χ1n) is 8.39. The summed E-state index contributed by atoms with van der Waals surface area (Å²) in [4.78, 5) is 0. The molecule has 2 heterocycles. The van der Waals surface area contributed by atoms with E-state index in [9.17, 15) is 5.11 Å². The molecule has 0 amide bonds. The van der Waals surface area contributed by atoms with Crippen molar-refractivity contribution in [3.05, 3.63) is 35.5 Å². The fourth-order valence-electron chi connectivity index (χ4n) is 3.80. The zero-order valence-corrected chi connectivity index (χ0v) is 15.0. The monoisotopic (exact) mass is 410 g/mol. The lowest BCUT2D eigenvalue weighted by Crippen LogP contribution is -2.25. The number of aliphatic hydroxyl groups excluding tert-OH is 1. The Labute approximate surface area is 145 Å². The highest BCUT2D eigenvalue weighted by molar-refractivity contribution is 14.1. The summed E-state index contributed by atoms with van der Waals surface area (Å²) < 4.78 is 4.82. The van der Waals surface area contributed by atoms with Gasteiger partial charge in [-0.15, -0.1) is 0 Å². The predicted molar refractivity (Wildman–Crippen MR) is 98.2 cm³/mol. The summed E-state index contributed by atoms with van der Waals surface area (Å²) in [6, 6.07) is 8.90. The SMILES string of the molecule is OCc1cc2cccc(C3CCN(I)CC3)c2n1CC1CC1. The molecule has 2 fully saturated rings. The molecule has 2 aromatic rings. The van der Waals surface area contributed by atoms with Crippen LogP contribution in [0.3, 0.4) is 0 Å². The lowest BCUT2D eigenvalue weighted by Gasteiger charge is -2.28. The van der Waals surface area contributed by atoms with Crippen LogP contribution < -0.4 is 0 Å². The number of aromatic nitrogens is 1. The van der Waals surface area contributed by atoms with Gasteiger partial charge in [0, 0.05) is 53.6 Å². The largest absolute Gasteiger partial charge is 0.390 e. The van der Waals surface area contributed by atoms with E-state index in [4.69, 9.17) is 0 Å². The van der Waals surface area contributed by atoms with Crippen LogP contribution in [0, 0.1) is 5.92 Å². The third kappa shape index (κ3) is 2.81. The van der Waals surface area contributed by atoms with Crippen molar-refractivity contribution in [2.75, 3.05) is 13.1 Å². The third-order valence-corrected chi connectivity index (χ3v) is 6.18. The molecule has 1 N–H and O–H groups in total. The summed E-state index contributed by atoms with van der Waals surface area (Å²) in [5, 5.41) is 11.1. The standard InChI is InChI=1S/C18H23IN2O/c19-20-8-6-14(7-9-20)17-3-1-2-15-10-16(12-22)21(18(15)17)11-13-4-5-13/h1-3,10,13-14,22H,4-9,11-12H2. The first-order valence-corrected chi connectivity index (χ1v) is 9.35. The van der Waals surface area contributed by atoms with Crippen molar-refractivity contribution in [3.63, 3.8) is 0 Å². The van der Waals surface area contributed by atoms with Crippen LogP contribution in [0.2, 0.25) is 0 Å². The molecule has 1 saturated carbocycles. The quantitative estimate of drug-likeness (QED) is 0.608. The van der Waals surface area contributed by atoms with Crippen LogP contribution in [0.25, 0.3) is 10.9 Å². The Morgan fingerprint density at radius 3 is 2.59 bits per heavy atom. The van der Waals surface area contributed by atoms with Gasteiger partial charge in [0.25, 0.3) is 0 Å². The van der Waals surface area contributed by atoms with Crippen LogP contribution in [0.5, 0.6) is 0 Å². The van der Waals surface area contributed by atoms with E-state index in [1.165, 1.54) is 55.2 Å². The molecular weight excluding hydrogens is 387 g/mol. The lowest BCUT2D eigenvalue weighted by molar-refractivity contribution is 0.270. The van der Waals surface area contributed by atoms with Gasteiger partial charge in [0.1, 0.15) is 0 Å². The van der Waals surface area contributed by atoms with Crippen LogP contribution in [-0.2, 0) is 13.2 Å². The van der Waals surface area contributed by atoms with E-state index in [0.29, 0.717) is 5.92 Å². The summed E-state index contributed by atoms with van der Waals surface area (Å²) in [7, 11) is 0. The predicted octanol–water partition coefficient (Wildman–Crippen LogP) is 4.07. The average molecular weight is 410 g/mol. The first-order chi connectivity index (χ1) is 10.8. The molecule has 0 atom stereocenters. The molecule has 0 radical (unpaired) electrons. The van der Waals surface area contributed by atoms with Crippen LogP contribution in [0.4, 0.5) is 0 Å². The molecule has 1 aliphatic heterocycles. The van der Waals surface area contributed by atoms with Crippen molar-refractivity contribution in [1.29, 1.82) is 0 Å². The zero-order chi connectivity index (χ0) is 15.1. The third-order valence-electron chi connectivity index (χ3n) is 5.22. The van der Waals surface area contributed by atoms with E-state index < -0.39 is 0 Å². The Hall–Kier alpha value is -0.590. The number of fused-ring (bicyclic) bond motifs is 1. The number of hydrogen-bond donors (Lipinski definition) is 1. The van der Waals surface area contributed by atoms with E-state index in [1.54, 1.807) is 0 Å². The molecule has 1 saturated heterocycles. The molecule has 0 unspecified atom stereocenters. The summed E-state index contributed by atoms with van der Waals surface area (Å²) in [6.45, 7) is 3.59. The molecule has 4 rings (SSSR count). The lowest BCUT2D eigenvalue weighted by atomic mass is 9.89. The van der Waals surface area contributed by atoms with Crippen molar-refractivity contribution >= 4 is 33.8 Å². The molecule has 4 heteroatoms. The molecule has 1 aromatic heterocycles. The molecule has 2 aliphatic rings. The van der Waals surface area contributed by atoms with Crippen LogP contribution in [0.1, 0.15) is 42.9 Å². The van der Waals surface area contributed by atoms with E-state index in [2.05, 4.69) is 54.8 Å². The second kappa shape index (κ2) is 6.13. The van der Waals surface area contributed by atoms with E-state index in [-0.39, 0.29) is 6.61 Å². The summed E-state index contributed by atoms with van der Waals surface area (Å²) in [6.07, 6.45) is 5.18. The van der Waals surface area contributed by atoms with Gasteiger partial charge in [0.2, 0.25) is 0 Å². The van der Waals surface area contributed by atoms with Gasteiger partial charge in [-0.25, -0.2) is 3.11 Å². The van der Waals surface area contributed by atoms with Crippen molar-refractivity contribution in [2.45, 2.75) is 44.8 Å². The van der Waals surface area contributed by atoms with Gasteiger partial charge in [-0.3, -0.25) is 0 Å². The number of rotatable bonds is 4. The summed E-state index contributed by atoms with van der Waals surface area (Å²) >= 11 is 2.44. The Balaban J connectivity index is 1.78. The molecular formula is C18H23IN2O. The minimum Gasteiger partial charge on any atom is -0.390 e. The Morgan fingerprint density at radius 2 is 1.91 bits per heavy atom. The smallest absolute Gasteiger partial charge is 0.0833 e. The molecule has 118 valence electrons. The second-order valence-corrected chi connectivity index (χ2v) is 8.18. The number of para-hydroxylation sites is 1. The van der Waals surface area contributed by atoms with Crippen LogP contribution in [-0.4, -0.2) is 25.9 Å². The topological polar surface area (TPSA) is 28.4 Å². The van der Waals surface area contributed by atoms with E-state index in [1.807, 2.05) is 0 Å². The number of nitrogens with zero attached hydrogens (tertiary/aromatic N) is 2. The number of halogens is 1. The van der Waals surface area contributed by atoms with Gasteiger partial charge in [-0.2, -0.15) is 0 Å². The molecule has 0 spiro atoms. The maximum atomic E-state index is 9.76. The van der Waals surface area contributed by atoms with Gasteiger partial charge >= 0.3 is 0 Å². The van der Waals surface area contributed by atoms with Crippen LogP contribution >= 0.6 is 22.9 Å². The Kier molecular flexibility index (Phi) is 4.17. The second-order valence-electron chi connectivity index (χ2n) is 6.82. The highest BCUT2D eigenvalue weighted by atomic mass is 127. The van der Waals surface area contributed by atoms with Gasteiger partial charge in [0.15, 0.2) is 0 Å². The minimum absolute atomic E-state index is 0.146. The van der Waals surface area contributed by atoms with Gasteiger partial charge in [-0.1, -0.05) is 18.2 Å². The molecule has 3 nitrogen and oxygen atoms in total. The van der Waals surface area contributed by atoms with Crippen molar-refractivity contribution in [1.82, 2.24) is 7.68 Å². The van der Waals surface area contributed by atoms with Crippen LogP contribution in [0.15, 0.2) is 24.3 Å². The highest BCUT2D eigenvalue weighted by Gasteiger charge is 2.26. The number of aliphatic hydroxyl groups is 1. The first kappa shape index (κ1) is 15.0. The van der Waals surface area contributed by atoms with Gasteiger partial charge in [-0.05, 0) is 49.1 Å². The van der Waals surface area contributed by atoms with Gasteiger partial charge in [0.05, 0.1) is 12.1 Å². The number of hydrogen-bond acceptors (Lipinski definition) is 2. The van der Waals surface area contributed by atoms with Crippen molar-refractivity contribution < 1.29 is 5.11 Å². The molecule has 22 heavy (non-hydrogen) atoms. The van der Waals surface area contributed by atoms with E-state index >= 15 is 0 Å². The zero-order valence-electron chi connectivity index (χ0n) is 12.8. The Morgan fingerprint density at radius 1 is 1.14 bits per heavy atom. The highest BCUT2D eigenvalue weighted by Crippen LogP contribution is 2.38. The van der Waals surface area contributed by atoms with Gasteiger partial charge < -0.3 is 9.67 Å². The minimum atomic E-state index is 0.146. The molecule has 0 bridgehead atoms. The Bertz CT molecular complexity index is 669. The van der Waals surface area contributed by atoms with E-state index in [0.717, 1.165) is 18.2 Å². The van der Waals surface area contributed by atoms with Crippen molar-refractivity contribution in [3.8, 4) is 0 Å².